The number of benzene rings is 2. The van der Waals surface area contributed by atoms with Crippen molar-refractivity contribution in [1.82, 2.24) is 0 Å². The van der Waals surface area contributed by atoms with Gasteiger partial charge in [0.1, 0.15) is 0 Å². The van der Waals surface area contributed by atoms with Crippen LogP contribution in [-0.2, 0) is 0 Å². The third-order valence-corrected chi connectivity index (χ3v) is 4.11. The number of allylic oxidation sites excluding steroid dienone is 1. The Kier molecular flexibility index (Phi) is 2.87. The molecule has 1 aliphatic carbocycles. The van der Waals surface area contributed by atoms with Crippen LogP contribution in [-0.4, -0.2) is 0 Å². The van der Waals surface area contributed by atoms with Crippen LogP contribution < -0.4 is 0 Å². The van der Waals surface area contributed by atoms with Gasteiger partial charge in [-0.3, -0.25) is 0 Å². The van der Waals surface area contributed by atoms with E-state index in [-0.39, 0.29) is 0 Å². The van der Waals surface area contributed by atoms with Crippen molar-refractivity contribution in [2.75, 3.05) is 0 Å². The van der Waals surface area contributed by atoms with Crippen molar-refractivity contribution in [1.29, 1.82) is 0 Å². The zero-order valence-electron chi connectivity index (χ0n) is 10.6. The average molecular weight is 299 g/mol. The van der Waals surface area contributed by atoms with Gasteiger partial charge < -0.3 is 0 Å². The normalized spacial score (nSPS) is 16.9. The Morgan fingerprint density at radius 1 is 0.944 bits per heavy atom. The molecule has 2 aromatic rings. The molecule has 0 fully saturated rings. The van der Waals surface area contributed by atoms with E-state index in [2.05, 4.69) is 78.3 Å². The molecular weight excluding hydrogens is 284 g/mol. The van der Waals surface area contributed by atoms with Gasteiger partial charge in [-0.25, -0.2) is 0 Å². The first kappa shape index (κ1) is 11.7. The Morgan fingerprint density at radius 2 is 1.78 bits per heavy atom. The van der Waals surface area contributed by atoms with Gasteiger partial charge in [0.2, 0.25) is 0 Å². The van der Waals surface area contributed by atoms with E-state index in [0.717, 1.165) is 4.47 Å². The van der Waals surface area contributed by atoms with Gasteiger partial charge in [0.25, 0.3) is 0 Å². The van der Waals surface area contributed by atoms with Gasteiger partial charge in [-0.05, 0) is 48.2 Å². The number of fused-ring (bicyclic) bond motifs is 1. The maximum atomic E-state index is 3.57. The Hall–Kier alpha value is -1.34. The van der Waals surface area contributed by atoms with Crippen molar-refractivity contribution < 1.29 is 0 Å². The third kappa shape index (κ3) is 1.93. The van der Waals surface area contributed by atoms with Crippen LogP contribution >= 0.6 is 15.9 Å². The summed E-state index contributed by atoms with van der Waals surface area (Å²) in [5, 5.41) is 0. The van der Waals surface area contributed by atoms with Crippen LogP contribution in [0.1, 0.15) is 33.7 Å². The Bertz CT molecular complexity index is 638. The topological polar surface area (TPSA) is 0 Å². The van der Waals surface area contributed by atoms with Gasteiger partial charge in [-0.15, -0.1) is 0 Å². The lowest BCUT2D eigenvalue weighted by Crippen LogP contribution is -1.99. The van der Waals surface area contributed by atoms with E-state index in [4.69, 9.17) is 0 Å². The molecule has 0 radical (unpaired) electrons. The zero-order chi connectivity index (χ0) is 12.7. The lowest BCUT2D eigenvalue weighted by Gasteiger charge is -2.15. The van der Waals surface area contributed by atoms with Crippen LogP contribution in [0.15, 0.2) is 46.9 Å². The van der Waals surface area contributed by atoms with Crippen LogP contribution in [0.5, 0.6) is 0 Å². The number of hydrogen-bond acceptors (Lipinski definition) is 0. The minimum absolute atomic E-state index is 0.401. The second-order valence-corrected chi connectivity index (χ2v) is 5.89. The molecule has 0 bridgehead atoms. The highest BCUT2D eigenvalue weighted by Crippen LogP contribution is 2.38. The molecule has 0 saturated carbocycles. The predicted octanol–water partition coefficient (Wildman–Crippen LogP) is 5.22. The highest BCUT2D eigenvalue weighted by atomic mass is 79.9. The van der Waals surface area contributed by atoms with Gasteiger partial charge in [0.05, 0.1) is 0 Å². The van der Waals surface area contributed by atoms with Gasteiger partial charge >= 0.3 is 0 Å². The number of rotatable bonds is 1. The SMILES string of the molecule is Cc1ccc(C2C=Cc3ccc(Br)cc32)c(C)c1. The minimum atomic E-state index is 0.401. The first-order valence-electron chi connectivity index (χ1n) is 6.20. The van der Waals surface area contributed by atoms with Crippen LogP contribution in [0, 0.1) is 13.8 Å². The molecule has 0 N–H and O–H groups in total. The fraction of sp³-hybridized carbons (Fsp3) is 0.176. The molecule has 1 atom stereocenters. The second kappa shape index (κ2) is 4.40. The standard InChI is InChI=1S/C17H15Br/c1-11-3-7-15(12(2)9-11)16-8-5-13-4-6-14(18)10-17(13)16/h3-10,16H,1-2H3. The number of aryl methyl sites for hydroxylation is 2. The lowest BCUT2D eigenvalue weighted by molar-refractivity contribution is 1.02. The zero-order valence-corrected chi connectivity index (χ0v) is 12.2. The Balaban J connectivity index is 2.11. The summed E-state index contributed by atoms with van der Waals surface area (Å²) in [7, 11) is 0. The van der Waals surface area contributed by atoms with Gasteiger partial charge in [-0.2, -0.15) is 0 Å². The van der Waals surface area contributed by atoms with E-state index in [1.807, 2.05) is 0 Å². The largest absolute Gasteiger partial charge is 0.0720 e. The summed E-state index contributed by atoms with van der Waals surface area (Å²) in [5.41, 5.74) is 6.85. The number of halogens is 1. The molecule has 0 saturated heterocycles. The summed E-state index contributed by atoms with van der Waals surface area (Å²) in [5.74, 6) is 0.401. The smallest absolute Gasteiger partial charge is 0.0281 e. The Morgan fingerprint density at radius 3 is 2.56 bits per heavy atom. The van der Waals surface area contributed by atoms with Crippen molar-refractivity contribution in [3.63, 3.8) is 0 Å². The molecule has 0 aliphatic heterocycles. The molecule has 90 valence electrons. The molecule has 1 heteroatoms. The maximum absolute atomic E-state index is 3.57. The number of hydrogen-bond donors (Lipinski definition) is 0. The molecule has 1 unspecified atom stereocenters. The van der Waals surface area contributed by atoms with Crippen LogP contribution in [0.25, 0.3) is 6.08 Å². The molecule has 3 rings (SSSR count). The summed E-state index contributed by atoms with van der Waals surface area (Å²) < 4.78 is 1.15. The fourth-order valence-corrected chi connectivity index (χ4v) is 3.09. The van der Waals surface area contributed by atoms with Crippen LogP contribution in [0.4, 0.5) is 0 Å². The van der Waals surface area contributed by atoms with Crippen LogP contribution in [0.3, 0.4) is 0 Å². The fourth-order valence-electron chi connectivity index (χ4n) is 2.72. The van der Waals surface area contributed by atoms with Gasteiger partial charge in [-0.1, -0.05) is 57.9 Å². The van der Waals surface area contributed by atoms with E-state index in [0.29, 0.717) is 5.92 Å². The Labute approximate surface area is 116 Å². The monoisotopic (exact) mass is 298 g/mol. The quantitative estimate of drug-likeness (QED) is 0.677. The molecule has 0 spiro atoms. The molecule has 18 heavy (non-hydrogen) atoms. The molecule has 1 aliphatic rings. The molecule has 0 heterocycles. The summed E-state index contributed by atoms with van der Waals surface area (Å²) in [4.78, 5) is 0. The summed E-state index contributed by atoms with van der Waals surface area (Å²) in [6, 6.07) is 13.2. The third-order valence-electron chi connectivity index (χ3n) is 3.61. The molecule has 2 aromatic carbocycles. The average Bonchev–Trinajstić information content (AvgIpc) is 2.72. The first-order chi connectivity index (χ1) is 8.65. The second-order valence-electron chi connectivity index (χ2n) is 4.97. The minimum Gasteiger partial charge on any atom is -0.0720 e. The van der Waals surface area contributed by atoms with E-state index >= 15 is 0 Å². The van der Waals surface area contributed by atoms with Gasteiger partial charge in [0.15, 0.2) is 0 Å². The van der Waals surface area contributed by atoms with Crippen molar-refractivity contribution >= 4 is 22.0 Å². The van der Waals surface area contributed by atoms with Crippen molar-refractivity contribution in [2.24, 2.45) is 0 Å². The summed E-state index contributed by atoms with van der Waals surface area (Å²) in [6.45, 7) is 4.35. The molecule has 0 amide bonds. The molecule has 0 nitrogen and oxygen atoms in total. The maximum Gasteiger partial charge on any atom is 0.0281 e. The van der Waals surface area contributed by atoms with Crippen molar-refractivity contribution in [3.05, 3.63) is 74.8 Å². The van der Waals surface area contributed by atoms with E-state index in [1.54, 1.807) is 0 Å². The van der Waals surface area contributed by atoms with E-state index in [9.17, 15) is 0 Å². The summed E-state index contributed by atoms with van der Waals surface area (Å²) >= 11 is 3.57. The summed E-state index contributed by atoms with van der Waals surface area (Å²) in [6.07, 6.45) is 4.53. The van der Waals surface area contributed by atoms with Gasteiger partial charge in [0, 0.05) is 10.4 Å². The first-order valence-corrected chi connectivity index (χ1v) is 6.99. The highest BCUT2D eigenvalue weighted by Gasteiger charge is 2.20. The molecular formula is C17H15Br. The van der Waals surface area contributed by atoms with E-state index in [1.165, 1.54) is 27.8 Å². The lowest BCUT2D eigenvalue weighted by atomic mass is 9.89. The van der Waals surface area contributed by atoms with Crippen molar-refractivity contribution in [2.45, 2.75) is 19.8 Å². The highest BCUT2D eigenvalue weighted by molar-refractivity contribution is 9.10. The predicted molar refractivity (Wildman–Crippen MR) is 80.9 cm³/mol. The molecule has 0 aromatic heterocycles. The van der Waals surface area contributed by atoms with Crippen LogP contribution in [0.2, 0.25) is 0 Å². The van der Waals surface area contributed by atoms with E-state index < -0.39 is 0 Å². The van der Waals surface area contributed by atoms with Crippen molar-refractivity contribution in [3.8, 4) is 0 Å².